The Morgan fingerprint density at radius 2 is 2.11 bits per heavy atom. The molecule has 0 spiro atoms. The minimum Gasteiger partial charge on any atom is -0.480 e. The summed E-state index contributed by atoms with van der Waals surface area (Å²) in [5, 5.41) is 9.60. The van der Waals surface area contributed by atoms with Crippen molar-refractivity contribution in [2.75, 3.05) is 25.1 Å². The van der Waals surface area contributed by atoms with Gasteiger partial charge in [0.15, 0.2) is 0 Å². The summed E-state index contributed by atoms with van der Waals surface area (Å²) in [4.78, 5) is 15.5. The lowest BCUT2D eigenvalue weighted by Gasteiger charge is -2.34. The van der Waals surface area contributed by atoms with Gasteiger partial charge in [-0.25, -0.2) is 9.97 Å². The molecule has 3 aromatic rings. The van der Waals surface area contributed by atoms with Gasteiger partial charge in [-0.1, -0.05) is 6.07 Å². The Hall–Kier alpha value is -3.40. The minimum atomic E-state index is 0.290. The van der Waals surface area contributed by atoms with Gasteiger partial charge in [0.2, 0.25) is 5.88 Å². The number of methoxy groups -OCH3 is 1. The van der Waals surface area contributed by atoms with E-state index in [1.54, 1.807) is 13.3 Å². The lowest BCUT2D eigenvalue weighted by molar-refractivity contribution is 0.396. The summed E-state index contributed by atoms with van der Waals surface area (Å²) in [7, 11) is 1.54. The summed E-state index contributed by atoms with van der Waals surface area (Å²) in [5.74, 6) is 1.73. The number of hydrogen-bond donors (Lipinski definition) is 0. The number of imidazole rings is 1. The number of nitriles is 1. The van der Waals surface area contributed by atoms with Gasteiger partial charge in [-0.3, -0.25) is 4.98 Å². The van der Waals surface area contributed by atoms with Crippen LogP contribution in [0.25, 0.3) is 0 Å². The van der Waals surface area contributed by atoms with Crippen molar-refractivity contribution in [3.05, 3.63) is 66.1 Å². The van der Waals surface area contributed by atoms with Crippen molar-refractivity contribution in [3.8, 4) is 11.9 Å². The molecule has 1 fully saturated rings. The van der Waals surface area contributed by atoms with Gasteiger partial charge in [0.1, 0.15) is 17.5 Å². The second-order valence-corrected chi connectivity index (χ2v) is 6.85. The van der Waals surface area contributed by atoms with Crippen molar-refractivity contribution in [1.82, 2.24) is 19.5 Å². The standard InChI is InChI=1S/C21H22N6O/c1-28-21-18(13-22)19(7-9-25-21)26-11-4-5-16(14-26)20-24-10-12-27(20)15-17-6-2-3-8-23-17/h2-3,6-10,12,16H,4-5,11,14-15H2,1H3. The van der Waals surface area contributed by atoms with E-state index in [2.05, 4.69) is 30.5 Å². The predicted octanol–water partition coefficient (Wildman–Crippen LogP) is 2.99. The number of nitrogens with zero attached hydrogens (tertiary/aromatic N) is 6. The lowest BCUT2D eigenvalue weighted by atomic mass is 9.96. The van der Waals surface area contributed by atoms with Gasteiger partial charge in [-0.05, 0) is 31.0 Å². The zero-order chi connectivity index (χ0) is 19.3. The molecule has 142 valence electrons. The van der Waals surface area contributed by atoms with Crippen LogP contribution in [0, 0.1) is 11.3 Å². The van der Waals surface area contributed by atoms with Crippen molar-refractivity contribution in [1.29, 1.82) is 5.26 Å². The fourth-order valence-corrected chi connectivity index (χ4v) is 3.84. The second-order valence-electron chi connectivity index (χ2n) is 6.85. The average Bonchev–Trinajstić information content (AvgIpc) is 3.22. The van der Waals surface area contributed by atoms with Crippen LogP contribution in [0.15, 0.2) is 49.1 Å². The number of pyridine rings is 2. The first-order valence-corrected chi connectivity index (χ1v) is 9.39. The lowest BCUT2D eigenvalue weighted by Crippen LogP contribution is -2.36. The number of hydrogen-bond acceptors (Lipinski definition) is 6. The van der Waals surface area contributed by atoms with Crippen molar-refractivity contribution in [2.45, 2.75) is 25.3 Å². The van der Waals surface area contributed by atoms with Crippen molar-refractivity contribution >= 4 is 5.69 Å². The number of anilines is 1. The Morgan fingerprint density at radius 1 is 1.18 bits per heavy atom. The number of aromatic nitrogens is 4. The van der Waals surface area contributed by atoms with Crippen LogP contribution in [-0.4, -0.2) is 39.7 Å². The molecule has 0 amide bonds. The first-order chi connectivity index (χ1) is 13.8. The molecule has 7 nitrogen and oxygen atoms in total. The Labute approximate surface area is 164 Å². The Balaban J connectivity index is 1.58. The maximum Gasteiger partial charge on any atom is 0.233 e. The molecule has 0 radical (unpaired) electrons. The SMILES string of the molecule is COc1nccc(N2CCCC(c3nccn3Cc3ccccn3)C2)c1C#N. The van der Waals surface area contributed by atoms with Crippen LogP contribution >= 0.6 is 0 Å². The molecule has 1 atom stereocenters. The molecule has 0 bridgehead atoms. The van der Waals surface area contributed by atoms with E-state index in [0.717, 1.165) is 43.1 Å². The number of rotatable bonds is 5. The fourth-order valence-electron chi connectivity index (χ4n) is 3.84. The van der Waals surface area contributed by atoms with E-state index in [1.165, 1.54) is 0 Å². The molecule has 4 heterocycles. The second kappa shape index (κ2) is 8.09. The molecule has 4 rings (SSSR count). The molecular formula is C21H22N6O. The predicted molar refractivity (Wildman–Crippen MR) is 105 cm³/mol. The van der Waals surface area contributed by atoms with Gasteiger partial charge in [0.25, 0.3) is 0 Å². The smallest absolute Gasteiger partial charge is 0.233 e. The normalized spacial score (nSPS) is 16.6. The van der Waals surface area contributed by atoms with Crippen LogP contribution in [0.5, 0.6) is 5.88 Å². The van der Waals surface area contributed by atoms with Gasteiger partial charge >= 0.3 is 0 Å². The van der Waals surface area contributed by atoms with E-state index in [4.69, 9.17) is 4.74 Å². The Bertz CT molecular complexity index is 978. The maximum absolute atomic E-state index is 9.60. The third kappa shape index (κ3) is 3.54. The Kier molecular flexibility index (Phi) is 5.20. The highest BCUT2D eigenvalue weighted by atomic mass is 16.5. The number of ether oxygens (including phenoxy) is 1. The average molecular weight is 374 g/mol. The number of piperidine rings is 1. The van der Waals surface area contributed by atoms with Crippen LogP contribution in [0.2, 0.25) is 0 Å². The van der Waals surface area contributed by atoms with E-state index in [0.29, 0.717) is 18.0 Å². The van der Waals surface area contributed by atoms with Crippen LogP contribution < -0.4 is 9.64 Å². The van der Waals surface area contributed by atoms with Gasteiger partial charge in [-0.2, -0.15) is 5.26 Å². The largest absolute Gasteiger partial charge is 0.480 e. The van der Waals surface area contributed by atoms with Crippen LogP contribution in [0.3, 0.4) is 0 Å². The first-order valence-electron chi connectivity index (χ1n) is 9.39. The Morgan fingerprint density at radius 3 is 2.89 bits per heavy atom. The first kappa shape index (κ1) is 18.0. The summed E-state index contributed by atoms with van der Waals surface area (Å²) < 4.78 is 7.44. The highest BCUT2D eigenvalue weighted by Gasteiger charge is 2.27. The van der Waals surface area contributed by atoms with Crippen molar-refractivity contribution in [2.24, 2.45) is 0 Å². The molecule has 7 heteroatoms. The quantitative estimate of drug-likeness (QED) is 0.683. The molecule has 3 aromatic heterocycles. The summed E-state index contributed by atoms with van der Waals surface area (Å²) in [5.41, 5.74) is 2.38. The third-order valence-corrected chi connectivity index (χ3v) is 5.13. The topological polar surface area (TPSA) is 79.9 Å². The molecule has 0 saturated carbocycles. The van der Waals surface area contributed by atoms with Crippen LogP contribution in [0.1, 0.15) is 35.8 Å². The van der Waals surface area contributed by atoms with Gasteiger partial charge in [0.05, 0.1) is 25.0 Å². The molecule has 0 N–H and O–H groups in total. The summed E-state index contributed by atoms with van der Waals surface area (Å²) in [6.07, 6.45) is 9.48. The molecule has 0 aromatic carbocycles. The molecule has 28 heavy (non-hydrogen) atoms. The molecule has 0 aliphatic carbocycles. The monoisotopic (exact) mass is 374 g/mol. The molecule has 1 saturated heterocycles. The zero-order valence-electron chi connectivity index (χ0n) is 15.8. The van der Waals surface area contributed by atoms with Gasteiger partial charge in [0, 0.05) is 43.8 Å². The van der Waals surface area contributed by atoms with E-state index >= 15 is 0 Å². The minimum absolute atomic E-state index is 0.290. The molecule has 1 unspecified atom stereocenters. The van der Waals surface area contributed by atoms with Crippen LogP contribution in [0.4, 0.5) is 5.69 Å². The van der Waals surface area contributed by atoms with E-state index in [-0.39, 0.29) is 5.92 Å². The fraction of sp³-hybridized carbons (Fsp3) is 0.333. The summed E-state index contributed by atoms with van der Waals surface area (Å²) in [6, 6.07) is 10.1. The van der Waals surface area contributed by atoms with Crippen molar-refractivity contribution < 1.29 is 4.74 Å². The van der Waals surface area contributed by atoms with E-state index in [9.17, 15) is 5.26 Å². The van der Waals surface area contributed by atoms with Crippen molar-refractivity contribution in [3.63, 3.8) is 0 Å². The maximum atomic E-state index is 9.60. The van der Waals surface area contributed by atoms with E-state index < -0.39 is 0 Å². The zero-order valence-corrected chi connectivity index (χ0v) is 15.8. The van der Waals surface area contributed by atoms with E-state index in [1.807, 2.05) is 42.9 Å². The molecule has 1 aliphatic heterocycles. The molecule has 1 aliphatic rings. The molecular weight excluding hydrogens is 352 g/mol. The third-order valence-electron chi connectivity index (χ3n) is 5.13. The van der Waals surface area contributed by atoms with Crippen LogP contribution in [-0.2, 0) is 6.54 Å². The summed E-state index contributed by atoms with van der Waals surface area (Å²) in [6.45, 7) is 2.42. The highest BCUT2D eigenvalue weighted by molar-refractivity contribution is 5.63. The van der Waals surface area contributed by atoms with Gasteiger partial charge < -0.3 is 14.2 Å². The van der Waals surface area contributed by atoms with Gasteiger partial charge in [-0.15, -0.1) is 0 Å². The summed E-state index contributed by atoms with van der Waals surface area (Å²) >= 11 is 0. The highest BCUT2D eigenvalue weighted by Crippen LogP contribution is 2.33.